The first-order valence-electron chi connectivity index (χ1n) is 5.91. The molecule has 1 unspecified atom stereocenters. The quantitative estimate of drug-likeness (QED) is 0.683. The SMILES string of the molecule is CC(=O)N1N=C(C)SC1Nc1ccc(C)cc1[N+](=O)[O-]. The summed E-state index contributed by atoms with van der Waals surface area (Å²) in [4.78, 5) is 22.1. The molecule has 8 heteroatoms. The number of benzene rings is 1. The zero-order valence-corrected chi connectivity index (χ0v) is 12.1. The van der Waals surface area contributed by atoms with Gasteiger partial charge in [-0.05, 0) is 25.5 Å². The number of nitrogens with zero attached hydrogens (tertiary/aromatic N) is 3. The third-order valence-corrected chi connectivity index (χ3v) is 3.67. The number of nitro benzene ring substituents is 1. The molecule has 1 aliphatic rings. The molecule has 1 N–H and O–H groups in total. The van der Waals surface area contributed by atoms with Gasteiger partial charge in [0.1, 0.15) is 5.69 Å². The van der Waals surface area contributed by atoms with Crippen molar-refractivity contribution in [3.05, 3.63) is 33.9 Å². The van der Waals surface area contributed by atoms with Gasteiger partial charge in [-0.3, -0.25) is 14.9 Å². The van der Waals surface area contributed by atoms with Crippen molar-refractivity contribution in [2.75, 3.05) is 5.32 Å². The summed E-state index contributed by atoms with van der Waals surface area (Å²) in [5, 5.41) is 20.2. The van der Waals surface area contributed by atoms with Gasteiger partial charge in [0, 0.05) is 13.0 Å². The number of hydrazone groups is 1. The second-order valence-electron chi connectivity index (χ2n) is 4.37. The lowest BCUT2D eigenvalue weighted by molar-refractivity contribution is -0.384. The van der Waals surface area contributed by atoms with E-state index in [2.05, 4.69) is 10.4 Å². The van der Waals surface area contributed by atoms with Crippen LogP contribution in [0.5, 0.6) is 0 Å². The minimum absolute atomic E-state index is 0.0151. The van der Waals surface area contributed by atoms with Crippen molar-refractivity contribution in [1.29, 1.82) is 0 Å². The lowest BCUT2D eigenvalue weighted by Crippen LogP contribution is -2.35. The van der Waals surface area contributed by atoms with E-state index >= 15 is 0 Å². The minimum atomic E-state index is -0.464. The zero-order chi connectivity index (χ0) is 14.9. The summed E-state index contributed by atoms with van der Waals surface area (Å²) in [5.41, 5.74) is 0.694. The van der Waals surface area contributed by atoms with Gasteiger partial charge >= 0.3 is 0 Å². The smallest absolute Gasteiger partial charge is 0.292 e. The predicted octanol–water partition coefficient (Wildman–Crippen LogP) is 2.53. The molecule has 0 fully saturated rings. The largest absolute Gasteiger partial charge is 0.349 e. The van der Waals surface area contributed by atoms with E-state index in [-0.39, 0.29) is 11.6 Å². The van der Waals surface area contributed by atoms with Crippen LogP contribution in [0.2, 0.25) is 0 Å². The highest BCUT2D eigenvalue weighted by Gasteiger charge is 2.30. The standard InChI is InChI=1S/C12H14N4O3S/c1-7-4-5-10(11(6-7)16(18)19)13-12-15(9(3)17)14-8(2)20-12/h4-6,12-13H,1-3H3. The second-order valence-corrected chi connectivity index (χ2v) is 5.65. The predicted molar refractivity (Wildman–Crippen MR) is 78.5 cm³/mol. The van der Waals surface area contributed by atoms with Gasteiger partial charge in [0.15, 0.2) is 5.50 Å². The van der Waals surface area contributed by atoms with Gasteiger partial charge in [-0.15, -0.1) is 0 Å². The molecule has 1 aromatic rings. The molecule has 1 aromatic carbocycles. The van der Waals surface area contributed by atoms with Crippen LogP contribution in [0.4, 0.5) is 11.4 Å². The maximum Gasteiger partial charge on any atom is 0.292 e. The van der Waals surface area contributed by atoms with E-state index < -0.39 is 10.4 Å². The Morgan fingerprint density at radius 2 is 2.20 bits per heavy atom. The molecule has 0 aliphatic carbocycles. The topological polar surface area (TPSA) is 87.8 Å². The van der Waals surface area contributed by atoms with Crippen LogP contribution >= 0.6 is 11.8 Å². The molecule has 1 aliphatic heterocycles. The number of aryl methyl sites for hydroxylation is 1. The molecule has 1 atom stereocenters. The van der Waals surface area contributed by atoms with Gasteiger partial charge in [-0.1, -0.05) is 17.8 Å². The summed E-state index contributed by atoms with van der Waals surface area (Å²) < 4.78 is 0. The zero-order valence-electron chi connectivity index (χ0n) is 11.3. The monoisotopic (exact) mass is 294 g/mol. The van der Waals surface area contributed by atoms with Crippen LogP contribution in [-0.2, 0) is 4.79 Å². The molecule has 0 radical (unpaired) electrons. The fraction of sp³-hybridized carbons (Fsp3) is 0.333. The minimum Gasteiger partial charge on any atom is -0.349 e. The number of rotatable bonds is 3. The molecule has 2 rings (SSSR count). The molecule has 0 aromatic heterocycles. The summed E-state index contributed by atoms with van der Waals surface area (Å²) in [6.07, 6.45) is 0. The van der Waals surface area contributed by atoms with E-state index in [1.54, 1.807) is 26.0 Å². The lowest BCUT2D eigenvalue weighted by Gasteiger charge is -2.21. The summed E-state index contributed by atoms with van der Waals surface area (Å²) in [6.45, 7) is 4.98. The second kappa shape index (κ2) is 5.49. The average molecular weight is 294 g/mol. The van der Waals surface area contributed by atoms with Crippen LogP contribution in [0.3, 0.4) is 0 Å². The molecular formula is C12H14N4O3S. The van der Waals surface area contributed by atoms with Gasteiger partial charge in [0.2, 0.25) is 5.91 Å². The molecule has 7 nitrogen and oxygen atoms in total. The molecule has 1 heterocycles. The Hall–Kier alpha value is -2.09. The Labute approximate surface area is 120 Å². The summed E-state index contributed by atoms with van der Waals surface area (Å²) in [7, 11) is 0. The van der Waals surface area contributed by atoms with Crippen LogP contribution in [0.15, 0.2) is 23.3 Å². The Morgan fingerprint density at radius 1 is 1.50 bits per heavy atom. The van der Waals surface area contributed by atoms with Gasteiger partial charge in [0.05, 0.1) is 9.97 Å². The van der Waals surface area contributed by atoms with Gasteiger partial charge < -0.3 is 5.32 Å². The number of nitro groups is 1. The number of hydrogen-bond donors (Lipinski definition) is 1. The number of thioether (sulfide) groups is 1. The van der Waals surface area contributed by atoms with Crippen molar-refractivity contribution in [2.45, 2.75) is 26.3 Å². The van der Waals surface area contributed by atoms with Crippen LogP contribution in [0.1, 0.15) is 19.4 Å². The Kier molecular flexibility index (Phi) is 3.93. The van der Waals surface area contributed by atoms with Crippen molar-refractivity contribution in [2.24, 2.45) is 5.10 Å². The maximum absolute atomic E-state index is 11.5. The maximum atomic E-state index is 11.5. The molecule has 20 heavy (non-hydrogen) atoms. The van der Waals surface area contributed by atoms with E-state index in [0.717, 1.165) is 10.6 Å². The van der Waals surface area contributed by atoms with Crippen molar-refractivity contribution >= 4 is 34.1 Å². The highest BCUT2D eigenvalue weighted by atomic mass is 32.2. The van der Waals surface area contributed by atoms with Gasteiger partial charge in [0.25, 0.3) is 5.69 Å². The number of carbonyl (C=O) groups is 1. The van der Waals surface area contributed by atoms with E-state index in [0.29, 0.717) is 5.69 Å². The Balaban J connectivity index is 2.27. The van der Waals surface area contributed by atoms with Crippen LogP contribution in [0, 0.1) is 17.0 Å². The number of hydrogen-bond acceptors (Lipinski definition) is 6. The van der Waals surface area contributed by atoms with E-state index in [4.69, 9.17) is 0 Å². The summed E-state index contributed by atoms with van der Waals surface area (Å²) >= 11 is 1.34. The first-order chi connectivity index (χ1) is 9.38. The van der Waals surface area contributed by atoms with Crippen LogP contribution in [-0.4, -0.2) is 26.4 Å². The number of anilines is 1. The molecule has 0 bridgehead atoms. The molecule has 0 spiro atoms. The highest BCUT2D eigenvalue weighted by Crippen LogP contribution is 2.32. The fourth-order valence-electron chi connectivity index (χ4n) is 1.81. The normalized spacial score (nSPS) is 17.9. The first-order valence-corrected chi connectivity index (χ1v) is 6.79. The van der Waals surface area contributed by atoms with Crippen molar-refractivity contribution in [3.63, 3.8) is 0 Å². The first kappa shape index (κ1) is 14.3. The molecule has 0 saturated carbocycles. The molecule has 106 valence electrons. The summed E-state index contributed by atoms with van der Waals surface area (Å²) in [6, 6.07) is 4.91. The highest BCUT2D eigenvalue weighted by molar-refractivity contribution is 8.14. The average Bonchev–Trinajstić information content (AvgIpc) is 2.72. The number of carbonyl (C=O) groups excluding carboxylic acids is 1. The number of amides is 1. The third-order valence-electron chi connectivity index (χ3n) is 2.70. The van der Waals surface area contributed by atoms with Crippen molar-refractivity contribution in [3.8, 4) is 0 Å². The molecule has 0 saturated heterocycles. The van der Waals surface area contributed by atoms with Crippen molar-refractivity contribution < 1.29 is 9.72 Å². The van der Waals surface area contributed by atoms with E-state index in [1.165, 1.54) is 29.8 Å². The lowest BCUT2D eigenvalue weighted by atomic mass is 10.2. The third kappa shape index (κ3) is 2.90. The molecular weight excluding hydrogens is 280 g/mol. The van der Waals surface area contributed by atoms with Gasteiger partial charge in [-0.25, -0.2) is 0 Å². The van der Waals surface area contributed by atoms with Gasteiger partial charge in [-0.2, -0.15) is 10.1 Å². The van der Waals surface area contributed by atoms with Crippen LogP contribution in [0.25, 0.3) is 0 Å². The van der Waals surface area contributed by atoms with Crippen LogP contribution < -0.4 is 5.32 Å². The number of nitrogens with one attached hydrogen (secondary N) is 1. The van der Waals surface area contributed by atoms with E-state index in [9.17, 15) is 14.9 Å². The van der Waals surface area contributed by atoms with E-state index in [1.807, 2.05) is 0 Å². The summed E-state index contributed by atoms with van der Waals surface area (Å²) in [5.74, 6) is -0.221. The Bertz CT molecular complexity index is 602. The fourth-order valence-corrected chi connectivity index (χ4v) is 2.75. The molecule has 1 amide bonds. The Morgan fingerprint density at radius 3 is 2.80 bits per heavy atom. The van der Waals surface area contributed by atoms with Crippen molar-refractivity contribution in [1.82, 2.24) is 5.01 Å².